The zero-order valence-corrected chi connectivity index (χ0v) is 31.6. The zero-order valence-electron chi connectivity index (χ0n) is 29.4. The molecule has 262 valence electrons. The maximum atomic E-state index is 12.9. The molecule has 2 N–H and O–H groups in total. The third kappa shape index (κ3) is 5.33. The van der Waals surface area contributed by atoms with E-state index in [1.165, 1.54) is 0 Å². The second kappa shape index (κ2) is 12.2. The summed E-state index contributed by atoms with van der Waals surface area (Å²) >= 11 is 2.30. The first kappa shape index (κ1) is 32.7. The lowest BCUT2D eigenvalue weighted by atomic mass is 9.91. The summed E-state index contributed by atoms with van der Waals surface area (Å²) in [4.78, 5) is 35.8. The van der Waals surface area contributed by atoms with Gasteiger partial charge in [-0.25, -0.2) is 9.59 Å². The molecule has 0 unspecified atom stereocenters. The lowest BCUT2D eigenvalue weighted by molar-refractivity contribution is 0.393. The van der Waals surface area contributed by atoms with E-state index < -0.39 is 0 Å². The summed E-state index contributed by atoms with van der Waals surface area (Å²) in [6.07, 6.45) is 6.07. The van der Waals surface area contributed by atoms with Crippen LogP contribution in [-0.2, 0) is 0 Å². The third-order valence-corrected chi connectivity index (χ3v) is 11.1. The topological polar surface area (TPSA) is 141 Å². The summed E-state index contributed by atoms with van der Waals surface area (Å²) in [5, 5.41) is 9.23. The van der Waals surface area contributed by atoms with Crippen molar-refractivity contribution in [2.45, 2.75) is 72.4 Å². The fourth-order valence-electron chi connectivity index (χ4n) is 7.73. The number of imidazole rings is 2. The van der Waals surface area contributed by atoms with Crippen molar-refractivity contribution in [3.05, 3.63) is 108 Å². The maximum absolute atomic E-state index is 12.9. The smallest absolute Gasteiger partial charge is 0.326 e. The molecule has 2 saturated carbocycles. The quantitative estimate of drug-likeness (QED) is 0.166. The Bertz CT molecular complexity index is 2800. The number of nitrogens with zero attached hydrogens (tertiary/aromatic N) is 5. The van der Waals surface area contributed by atoms with Gasteiger partial charge in [-0.3, -0.25) is 14.1 Å². The van der Waals surface area contributed by atoms with E-state index in [0.29, 0.717) is 6.04 Å². The van der Waals surface area contributed by atoms with Crippen LogP contribution in [0.25, 0.3) is 66.4 Å². The van der Waals surface area contributed by atoms with E-state index in [1.807, 2.05) is 61.2 Å². The second-order valence-corrected chi connectivity index (χ2v) is 15.2. The number of fused-ring (bicyclic) bond motifs is 3. The van der Waals surface area contributed by atoms with Gasteiger partial charge in [0.05, 0.1) is 39.0 Å². The molecule has 0 atom stereocenters. The standard InChI is InChI=1S/C25H22N4O2.C15H14IN3O2/c1-13-6-9-20-18(5-4-10-26-20)22(13)19-11-16(23-14(2)28-31-15(23)3)12-21-24(19)29(17-7-8-17)25(30)27-21;1-7-13(8(2)21-18-7)9-5-11(16)14-12(6-9)17-15(20)19(14)10-3-4-10/h4-6,9-12,17H,7-8H2,1-3H3,(H,27,30);5-6,10H,3-4H2,1-2H3,(H,17,20). The lowest BCUT2D eigenvalue weighted by Gasteiger charge is -2.15. The number of halogens is 1. The summed E-state index contributed by atoms with van der Waals surface area (Å²) in [7, 11) is 0. The Kier molecular flexibility index (Phi) is 7.65. The van der Waals surface area contributed by atoms with E-state index in [9.17, 15) is 9.59 Å². The fourth-order valence-corrected chi connectivity index (χ4v) is 8.62. The number of pyridine rings is 1. The van der Waals surface area contributed by atoms with Crippen molar-refractivity contribution in [3.8, 4) is 33.4 Å². The van der Waals surface area contributed by atoms with E-state index in [2.05, 4.69) is 85.1 Å². The van der Waals surface area contributed by atoms with Crippen molar-refractivity contribution in [2.75, 3.05) is 0 Å². The molecule has 2 aliphatic carbocycles. The van der Waals surface area contributed by atoms with Gasteiger partial charge in [-0.15, -0.1) is 0 Å². The summed E-state index contributed by atoms with van der Waals surface area (Å²) in [5.74, 6) is 1.56. The molecule has 3 aromatic carbocycles. The number of nitrogens with one attached hydrogen (secondary N) is 2. The summed E-state index contributed by atoms with van der Waals surface area (Å²) < 4.78 is 15.6. The van der Waals surface area contributed by atoms with Gasteiger partial charge in [0.1, 0.15) is 11.5 Å². The number of hydrogen-bond acceptors (Lipinski definition) is 7. The molecule has 0 bridgehead atoms. The van der Waals surface area contributed by atoms with Crippen LogP contribution in [0.15, 0.2) is 73.4 Å². The van der Waals surface area contributed by atoms with E-state index in [0.717, 1.165) is 124 Å². The van der Waals surface area contributed by atoms with Crippen molar-refractivity contribution >= 4 is 55.6 Å². The van der Waals surface area contributed by atoms with Crippen molar-refractivity contribution in [3.63, 3.8) is 0 Å². The Hall–Kier alpha value is -5.24. The van der Waals surface area contributed by atoms with E-state index in [1.54, 1.807) is 0 Å². The van der Waals surface area contributed by atoms with Gasteiger partial charge in [-0.05, 0) is 142 Å². The average molecular weight is 806 g/mol. The number of aromatic amines is 2. The van der Waals surface area contributed by atoms with Crippen LogP contribution in [0, 0.1) is 38.2 Å². The van der Waals surface area contributed by atoms with Gasteiger partial charge in [-0.1, -0.05) is 22.4 Å². The molecule has 10 rings (SSSR count). The maximum Gasteiger partial charge on any atom is 0.326 e. The van der Waals surface area contributed by atoms with Gasteiger partial charge in [-0.2, -0.15) is 0 Å². The molecule has 8 aromatic rings. The molecular formula is C40H36IN7O4. The van der Waals surface area contributed by atoms with Crippen molar-refractivity contribution in [1.82, 2.24) is 34.4 Å². The summed E-state index contributed by atoms with van der Waals surface area (Å²) in [6.45, 7) is 9.82. The molecule has 0 saturated heterocycles. The molecule has 12 heteroatoms. The van der Waals surface area contributed by atoms with E-state index in [4.69, 9.17) is 9.05 Å². The molecule has 11 nitrogen and oxygen atoms in total. The Balaban J connectivity index is 0.000000149. The van der Waals surface area contributed by atoms with Crippen molar-refractivity contribution in [1.29, 1.82) is 0 Å². The molecule has 2 fully saturated rings. The van der Waals surface area contributed by atoms with Crippen LogP contribution in [-0.4, -0.2) is 34.4 Å². The summed E-state index contributed by atoms with van der Waals surface area (Å²) in [6, 6.07) is 17.2. The highest BCUT2D eigenvalue weighted by Crippen LogP contribution is 2.43. The molecule has 2 aliphatic rings. The second-order valence-electron chi connectivity index (χ2n) is 14.1. The number of benzene rings is 3. The Morgan fingerprint density at radius 3 is 1.83 bits per heavy atom. The normalized spacial score (nSPS) is 14.4. The molecule has 0 spiro atoms. The van der Waals surface area contributed by atoms with Crippen LogP contribution >= 0.6 is 22.6 Å². The molecule has 52 heavy (non-hydrogen) atoms. The van der Waals surface area contributed by atoms with Crippen LogP contribution < -0.4 is 11.4 Å². The predicted octanol–water partition coefficient (Wildman–Crippen LogP) is 9.00. The van der Waals surface area contributed by atoms with Crippen LogP contribution in [0.5, 0.6) is 0 Å². The van der Waals surface area contributed by atoms with E-state index >= 15 is 0 Å². The first-order valence-electron chi connectivity index (χ1n) is 17.5. The highest BCUT2D eigenvalue weighted by molar-refractivity contribution is 14.1. The Morgan fingerprint density at radius 2 is 1.27 bits per heavy atom. The zero-order chi connectivity index (χ0) is 36.0. The SMILES string of the molecule is Cc1ccc2ncccc2c1-c1cc(-c2c(C)noc2C)cc2[nH]c(=O)n(C3CC3)c12.Cc1noc(C)c1-c1cc(I)c2c(c1)[nH]c(=O)n2C1CC1. The Labute approximate surface area is 311 Å². The number of hydrogen-bond donors (Lipinski definition) is 2. The molecule has 0 amide bonds. The third-order valence-electron chi connectivity index (χ3n) is 10.3. The van der Waals surface area contributed by atoms with Crippen LogP contribution in [0.4, 0.5) is 0 Å². The minimum absolute atomic E-state index is 0.0127. The van der Waals surface area contributed by atoms with Crippen LogP contribution in [0.2, 0.25) is 0 Å². The van der Waals surface area contributed by atoms with Gasteiger partial charge in [0, 0.05) is 43.9 Å². The van der Waals surface area contributed by atoms with Crippen molar-refractivity contribution < 1.29 is 9.05 Å². The monoisotopic (exact) mass is 805 g/mol. The predicted molar refractivity (Wildman–Crippen MR) is 210 cm³/mol. The average Bonchev–Trinajstić information content (AvgIpc) is 4.02. The molecule has 0 radical (unpaired) electrons. The highest BCUT2D eigenvalue weighted by atomic mass is 127. The molecule has 5 heterocycles. The lowest BCUT2D eigenvalue weighted by Crippen LogP contribution is -2.15. The minimum atomic E-state index is -0.0503. The van der Waals surface area contributed by atoms with Gasteiger partial charge >= 0.3 is 11.4 Å². The van der Waals surface area contributed by atoms with Crippen LogP contribution in [0.3, 0.4) is 0 Å². The molecular weight excluding hydrogens is 769 g/mol. The first-order chi connectivity index (χ1) is 25.1. The molecule has 0 aliphatic heterocycles. The van der Waals surface area contributed by atoms with E-state index in [-0.39, 0.29) is 17.4 Å². The van der Waals surface area contributed by atoms with Gasteiger partial charge in [0.15, 0.2) is 0 Å². The minimum Gasteiger partial charge on any atom is -0.361 e. The Morgan fingerprint density at radius 1 is 0.712 bits per heavy atom. The highest BCUT2D eigenvalue weighted by Gasteiger charge is 2.30. The van der Waals surface area contributed by atoms with Crippen LogP contribution in [0.1, 0.15) is 66.2 Å². The number of aromatic nitrogens is 7. The van der Waals surface area contributed by atoms with Gasteiger partial charge in [0.2, 0.25) is 0 Å². The summed E-state index contributed by atoms with van der Waals surface area (Å²) in [5.41, 5.74) is 13.6. The molecule has 5 aromatic heterocycles. The number of H-pyrrole nitrogens is 2. The number of rotatable bonds is 5. The fraction of sp³-hybridized carbons (Fsp3) is 0.275. The largest absolute Gasteiger partial charge is 0.361 e. The van der Waals surface area contributed by atoms with Gasteiger partial charge in [0.25, 0.3) is 0 Å². The first-order valence-corrected chi connectivity index (χ1v) is 18.6. The van der Waals surface area contributed by atoms with Gasteiger partial charge < -0.3 is 19.0 Å². The van der Waals surface area contributed by atoms with Crippen molar-refractivity contribution in [2.24, 2.45) is 0 Å². The number of aryl methyl sites for hydroxylation is 5.